The summed E-state index contributed by atoms with van der Waals surface area (Å²) in [6, 6.07) is 27.8. The largest absolute Gasteiger partial charge is 0.360 e. The molecule has 34 heavy (non-hydrogen) atoms. The van der Waals surface area contributed by atoms with E-state index in [9.17, 15) is 4.79 Å². The molecule has 0 aliphatic carbocycles. The van der Waals surface area contributed by atoms with Crippen LogP contribution in [-0.2, 0) is 4.79 Å². The fraction of sp³-hybridized carbons (Fsp3) is 0.172. The lowest BCUT2D eigenvalue weighted by Gasteiger charge is -2.18. The monoisotopic (exact) mass is 447 g/mol. The van der Waals surface area contributed by atoms with Crippen LogP contribution < -0.4 is 0 Å². The molecule has 0 radical (unpaired) electrons. The molecule has 0 saturated carbocycles. The van der Waals surface area contributed by atoms with Gasteiger partial charge in [-0.2, -0.15) is 5.10 Å². The highest BCUT2D eigenvalue weighted by Crippen LogP contribution is 2.31. The fourth-order valence-corrected chi connectivity index (χ4v) is 4.11. The second kappa shape index (κ2) is 9.40. The second-order valence-electron chi connectivity index (χ2n) is 8.74. The smallest absolute Gasteiger partial charge is 0.184 e. The van der Waals surface area contributed by atoms with Gasteiger partial charge in [-0.05, 0) is 19.4 Å². The Bertz CT molecular complexity index is 1370. The molecule has 5 heteroatoms. The second-order valence-corrected chi connectivity index (χ2v) is 8.74. The molecule has 5 nitrogen and oxygen atoms in total. The van der Waals surface area contributed by atoms with E-state index < -0.39 is 0 Å². The molecule has 0 N–H and O–H groups in total. The number of rotatable bonds is 4. The zero-order valence-corrected chi connectivity index (χ0v) is 19.2. The van der Waals surface area contributed by atoms with Crippen LogP contribution in [0.2, 0.25) is 0 Å². The summed E-state index contributed by atoms with van der Waals surface area (Å²) in [5.74, 6) is 0.420. The Hall–Kier alpha value is -4.12. The minimum atomic E-state index is -0.200. The molecule has 0 spiro atoms. The third-order valence-corrected chi connectivity index (χ3v) is 6.12. The van der Waals surface area contributed by atoms with Crippen LogP contribution in [0.15, 0.2) is 99.7 Å². The lowest BCUT2D eigenvalue weighted by molar-refractivity contribution is -0.113. The summed E-state index contributed by atoms with van der Waals surface area (Å²) in [4.78, 5) is 13.3. The molecule has 4 aromatic rings. The molecule has 0 bridgehead atoms. The third-order valence-electron chi connectivity index (χ3n) is 6.12. The maximum atomic E-state index is 13.3. The van der Waals surface area contributed by atoms with Gasteiger partial charge in [0.2, 0.25) is 0 Å². The van der Waals surface area contributed by atoms with Gasteiger partial charge in [0.15, 0.2) is 5.78 Å². The van der Waals surface area contributed by atoms with Crippen molar-refractivity contribution >= 4 is 17.2 Å². The summed E-state index contributed by atoms with van der Waals surface area (Å²) in [5, 5.41) is 13.3. The van der Waals surface area contributed by atoms with Crippen LogP contribution >= 0.6 is 0 Å². The number of hydrogen-bond donors (Lipinski definition) is 0. The number of nitrogens with zero attached hydrogens (tertiary/aromatic N) is 3. The van der Waals surface area contributed by atoms with Crippen molar-refractivity contribution in [2.45, 2.75) is 32.6 Å². The summed E-state index contributed by atoms with van der Waals surface area (Å²) >= 11 is 0. The number of carbonyl (C=O) groups is 1. The van der Waals surface area contributed by atoms with Gasteiger partial charge in [0, 0.05) is 36.0 Å². The molecular formula is C29H25N3O2. The van der Waals surface area contributed by atoms with Gasteiger partial charge in [-0.3, -0.25) is 4.79 Å². The van der Waals surface area contributed by atoms with E-state index in [0.29, 0.717) is 17.9 Å². The number of Topliss-reactive ketones (excluding diaryl/α,β-unsaturated/α-hetero) is 1. The zero-order chi connectivity index (χ0) is 23.5. The van der Waals surface area contributed by atoms with Crippen molar-refractivity contribution in [2.75, 3.05) is 0 Å². The Kier molecular flexibility index (Phi) is 6.00. The number of benzene rings is 3. The molecule has 2 heterocycles. The highest BCUT2D eigenvalue weighted by atomic mass is 16.5. The average molecular weight is 448 g/mol. The van der Waals surface area contributed by atoms with E-state index >= 15 is 0 Å². The Balaban J connectivity index is 1.55. The predicted octanol–water partition coefficient (Wildman–Crippen LogP) is 6.30. The molecule has 1 unspecified atom stereocenters. The van der Waals surface area contributed by atoms with Crippen LogP contribution in [0.3, 0.4) is 0 Å². The van der Waals surface area contributed by atoms with Crippen molar-refractivity contribution < 1.29 is 9.32 Å². The van der Waals surface area contributed by atoms with E-state index in [1.54, 1.807) is 0 Å². The van der Waals surface area contributed by atoms with Gasteiger partial charge >= 0.3 is 0 Å². The molecule has 168 valence electrons. The summed E-state index contributed by atoms with van der Waals surface area (Å²) in [6.45, 7) is 4.07. The van der Waals surface area contributed by atoms with E-state index in [-0.39, 0.29) is 18.1 Å². The Morgan fingerprint density at radius 1 is 0.735 bits per heavy atom. The predicted molar refractivity (Wildman–Crippen MR) is 134 cm³/mol. The molecule has 0 amide bonds. The minimum Gasteiger partial charge on any atom is -0.360 e. The molecule has 1 aliphatic heterocycles. The molecule has 1 aliphatic rings. The number of aromatic nitrogens is 1. The van der Waals surface area contributed by atoms with Crippen LogP contribution in [0.5, 0.6) is 0 Å². The minimum absolute atomic E-state index is 0.0572. The summed E-state index contributed by atoms with van der Waals surface area (Å²) in [6.07, 6.45) is 0.796. The van der Waals surface area contributed by atoms with E-state index in [4.69, 9.17) is 4.52 Å². The number of carbonyl (C=O) groups excluding carboxylic acids is 1. The van der Waals surface area contributed by atoms with Gasteiger partial charge in [-0.15, -0.1) is 5.10 Å². The maximum Gasteiger partial charge on any atom is 0.184 e. The number of aryl methyl sites for hydroxylation is 2. The van der Waals surface area contributed by atoms with Crippen LogP contribution in [0.1, 0.15) is 46.8 Å². The van der Waals surface area contributed by atoms with Gasteiger partial charge in [0.05, 0.1) is 5.71 Å². The van der Waals surface area contributed by atoms with E-state index in [2.05, 4.69) is 34.4 Å². The lowest BCUT2D eigenvalue weighted by atomic mass is 9.88. The summed E-state index contributed by atoms with van der Waals surface area (Å²) in [5.41, 5.74) is 6.98. The molecule has 0 fully saturated rings. The number of hydrogen-bond acceptors (Lipinski definition) is 5. The van der Waals surface area contributed by atoms with Crippen molar-refractivity contribution in [1.82, 2.24) is 5.16 Å². The molecule has 3 aromatic carbocycles. The van der Waals surface area contributed by atoms with Crippen molar-refractivity contribution in [3.8, 4) is 11.3 Å². The SMILES string of the molecule is Cc1ccc(/C2=N/N=C(/c3ccc(C)cc3)CC(c3cc(-c4ccccc4)no3)CC2=O)cc1. The average Bonchev–Trinajstić information content (AvgIpc) is 3.34. The summed E-state index contributed by atoms with van der Waals surface area (Å²) < 4.78 is 5.77. The van der Waals surface area contributed by atoms with E-state index in [0.717, 1.165) is 33.7 Å². The molecule has 5 rings (SSSR count). The van der Waals surface area contributed by atoms with Crippen molar-refractivity contribution in [1.29, 1.82) is 0 Å². The third kappa shape index (κ3) is 4.64. The first-order chi connectivity index (χ1) is 16.6. The van der Waals surface area contributed by atoms with Crippen LogP contribution in [-0.4, -0.2) is 22.4 Å². The van der Waals surface area contributed by atoms with Crippen LogP contribution in [0.4, 0.5) is 0 Å². The van der Waals surface area contributed by atoms with Crippen molar-refractivity contribution in [3.63, 3.8) is 0 Å². The molecule has 0 saturated heterocycles. The first kappa shape index (κ1) is 21.7. The van der Waals surface area contributed by atoms with E-state index in [1.807, 2.05) is 79.7 Å². The lowest BCUT2D eigenvalue weighted by Crippen LogP contribution is -2.22. The van der Waals surface area contributed by atoms with Gasteiger partial charge in [0.1, 0.15) is 17.2 Å². The highest BCUT2D eigenvalue weighted by Gasteiger charge is 2.28. The van der Waals surface area contributed by atoms with Crippen LogP contribution in [0, 0.1) is 13.8 Å². The maximum absolute atomic E-state index is 13.3. The van der Waals surface area contributed by atoms with Gasteiger partial charge < -0.3 is 4.52 Å². The Labute approximate surface area is 198 Å². The van der Waals surface area contributed by atoms with Crippen molar-refractivity contribution in [3.05, 3.63) is 113 Å². The topological polar surface area (TPSA) is 67.8 Å². The normalized spacial score (nSPS) is 19.5. The highest BCUT2D eigenvalue weighted by molar-refractivity contribution is 6.46. The zero-order valence-electron chi connectivity index (χ0n) is 19.2. The molecule has 1 atom stereocenters. The molecular weight excluding hydrogens is 422 g/mol. The Morgan fingerprint density at radius 3 is 2.06 bits per heavy atom. The first-order valence-electron chi connectivity index (χ1n) is 11.4. The molecule has 1 aromatic heterocycles. The standard InChI is InChI=1S/C29H25N3O2/c1-19-8-12-22(13-9-19)25-16-24(28-18-26(32-34-28)21-6-4-3-5-7-21)17-27(33)29(31-30-25)23-14-10-20(2)11-15-23/h3-15,18,24H,16-17H2,1-2H3/b30-25+,31-29-. The van der Waals surface area contributed by atoms with E-state index in [1.165, 1.54) is 5.56 Å². The first-order valence-corrected chi connectivity index (χ1v) is 11.4. The fourth-order valence-electron chi connectivity index (χ4n) is 4.11. The van der Waals surface area contributed by atoms with Gasteiger partial charge in [-0.25, -0.2) is 0 Å². The van der Waals surface area contributed by atoms with Crippen molar-refractivity contribution in [2.24, 2.45) is 10.2 Å². The van der Waals surface area contributed by atoms with Gasteiger partial charge in [-0.1, -0.05) is 95.1 Å². The quantitative estimate of drug-likeness (QED) is 0.369. The Morgan fingerprint density at radius 2 is 1.38 bits per heavy atom. The van der Waals surface area contributed by atoms with Crippen LogP contribution in [0.25, 0.3) is 11.3 Å². The number of ketones is 1. The van der Waals surface area contributed by atoms with Gasteiger partial charge in [0.25, 0.3) is 0 Å². The summed E-state index contributed by atoms with van der Waals surface area (Å²) in [7, 11) is 0.